The van der Waals surface area contributed by atoms with Crippen molar-refractivity contribution in [1.82, 2.24) is 0 Å². The summed E-state index contributed by atoms with van der Waals surface area (Å²) in [7, 11) is 0. The summed E-state index contributed by atoms with van der Waals surface area (Å²) in [5.41, 5.74) is 0.772. The highest BCUT2D eigenvalue weighted by atomic mass is 79.9. The van der Waals surface area contributed by atoms with Gasteiger partial charge in [0.2, 0.25) is 0 Å². The molecule has 4 heteroatoms. The van der Waals surface area contributed by atoms with Crippen LogP contribution in [0.4, 0.5) is 0 Å². The second kappa shape index (κ2) is 5.03. The number of hydrogen-bond acceptors (Lipinski definition) is 2. The molecule has 15 heavy (non-hydrogen) atoms. The van der Waals surface area contributed by atoms with Crippen LogP contribution >= 0.6 is 27.9 Å². The van der Waals surface area contributed by atoms with Gasteiger partial charge in [0.1, 0.15) is 5.75 Å². The third kappa shape index (κ3) is 4.26. The lowest BCUT2D eigenvalue weighted by Gasteiger charge is -2.06. The summed E-state index contributed by atoms with van der Waals surface area (Å²) in [4.78, 5) is 0. The van der Waals surface area contributed by atoms with Crippen molar-refractivity contribution in [1.29, 1.82) is 0 Å². The molecule has 0 radical (unpaired) electrons. The molecule has 0 saturated carbocycles. The van der Waals surface area contributed by atoms with Crippen LogP contribution in [-0.4, -0.2) is 16.1 Å². The number of halogens is 1. The molecular weight excluding hydrogens is 274 g/mol. The first-order valence-corrected chi connectivity index (χ1v) is 6.25. The second-order valence-corrected chi connectivity index (χ2v) is 6.67. The predicted molar refractivity (Wildman–Crippen MR) is 69.3 cm³/mol. The van der Waals surface area contributed by atoms with E-state index in [1.54, 1.807) is 30.3 Å². The third-order valence-electron chi connectivity index (χ3n) is 1.60. The van der Waals surface area contributed by atoms with Crippen molar-refractivity contribution in [3.8, 4) is 5.75 Å². The van der Waals surface area contributed by atoms with Gasteiger partial charge in [-0.25, -0.2) is 0 Å². The van der Waals surface area contributed by atoms with Gasteiger partial charge in [-0.3, -0.25) is 0 Å². The molecule has 0 aromatic heterocycles. The first-order valence-electron chi connectivity index (χ1n) is 4.64. The van der Waals surface area contributed by atoms with Gasteiger partial charge in [-0.2, -0.15) is 4.40 Å². The standard InChI is InChI=1S/C11H14BrNOS/c1-11(2,3)15-13-7-8-9(12)5-4-6-10(8)14/h4-7,14H,1-3H3/p+1/b13-7+. The van der Waals surface area contributed by atoms with E-state index in [1.165, 1.54) is 0 Å². The summed E-state index contributed by atoms with van der Waals surface area (Å²) in [5, 5.41) is 9.61. The lowest BCUT2D eigenvalue weighted by atomic mass is 10.2. The summed E-state index contributed by atoms with van der Waals surface area (Å²) in [6, 6.07) is 5.36. The Labute approximate surface area is 103 Å². The van der Waals surface area contributed by atoms with Gasteiger partial charge in [0, 0.05) is 4.47 Å². The molecule has 0 aliphatic heterocycles. The molecule has 0 heterocycles. The molecule has 0 fully saturated rings. The highest BCUT2D eigenvalue weighted by Gasteiger charge is 2.15. The topological polar surface area (TPSA) is 34.2 Å². The van der Waals surface area contributed by atoms with Crippen molar-refractivity contribution in [2.24, 2.45) is 0 Å². The maximum atomic E-state index is 9.61. The van der Waals surface area contributed by atoms with E-state index in [1.807, 2.05) is 6.07 Å². The van der Waals surface area contributed by atoms with Crippen LogP contribution in [0, 0.1) is 0 Å². The number of rotatable bonds is 2. The van der Waals surface area contributed by atoms with Crippen LogP contribution in [-0.2, 0) is 0 Å². The van der Waals surface area contributed by atoms with E-state index < -0.39 is 0 Å². The van der Waals surface area contributed by atoms with Gasteiger partial charge in [-0.15, -0.1) is 0 Å². The molecule has 2 nitrogen and oxygen atoms in total. The van der Waals surface area contributed by atoms with E-state index in [-0.39, 0.29) is 10.5 Å². The van der Waals surface area contributed by atoms with E-state index in [4.69, 9.17) is 0 Å². The summed E-state index contributed by atoms with van der Waals surface area (Å²) < 4.78 is 4.15. The molecule has 0 unspecified atom stereocenters. The number of hydrogen-bond donors (Lipinski definition) is 2. The highest BCUT2D eigenvalue weighted by molar-refractivity contribution is 9.10. The predicted octanol–water partition coefficient (Wildman–Crippen LogP) is 2.10. The van der Waals surface area contributed by atoms with Crippen LogP contribution in [0.15, 0.2) is 22.7 Å². The lowest BCUT2D eigenvalue weighted by Crippen LogP contribution is -2.61. The van der Waals surface area contributed by atoms with Crippen LogP contribution < -0.4 is 4.40 Å². The first kappa shape index (κ1) is 12.6. The number of phenolic OH excluding ortho intramolecular Hbond substituents is 1. The number of aromatic hydroxyl groups is 1. The fraction of sp³-hybridized carbons (Fsp3) is 0.364. The Hall–Kier alpha value is -0.480. The summed E-state index contributed by atoms with van der Waals surface area (Å²) in [6.07, 6.45) is 1.80. The Morgan fingerprint density at radius 3 is 2.60 bits per heavy atom. The van der Waals surface area contributed by atoms with E-state index in [0.29, 0.717) is 0 Å². The molecule has 0 saturated heterocycles. The fourth-order valence-corrected chi connectivity index (χ4v) is 1.93. The van der Waals surface area contributed by atoms with Crippen LogP contribution in [0.2, 0.25) is 0 Å². The van der Waals surface area contributed by atoms with E-state index >= 15 is 0 Å². The molecule has 0 amide bonds. The van der Waals surface area contributed by atoms with Crippen LogP contribution in [0.3, 0.4) is 0 Å². The van der Waals surface area contributed by atoms with E-state index in [9.17, 15) is 5.11 Å². The average Bonchev–Trinajstić information content (AvgIpc) is 2.08. The molecule has 0 spiro atoms. The minimum Gasteiger partial charge on any atom is -0.507 e. The van der Waals surface area contributed by atoms with Crippen molar-refractivity contribution < 1.29 is 9.50 Å². The molecule has 82 valence electrons. The van der Waals surface area contributed by atoms with Crippen molar-refractivity contribution in [3.63, 3.8) is 0 Å². The zero-order chi connectivity index (χ0) is 11.5. The minimum atomic E-state index is 0.146. The molecule has 2 N–H and O–H groups in total. The quantitative estimate of drug-likeness (QED) is 0.646. The molecule has 0 aliphatic rings. The van der Waals surface area contributed by atoms with Crippen molar-refractivity contribution >= 4 is 34.1 Å². The van der Waals surface area contributed by atoms with Gasteiger partial charge in [-0.1, -0.05) is 6.07 Å². The van der Waals surface area contributed by atoms with E-state index in [0.717, 1.165) is 10.0 Å². The van der Waals surface area contributed by atoms with Crippen molar-refractivity contribution in [3.05, 3.63) is 28.2 Å². The Bertz CT molecular complexity index is 351. The Morgan fingerprint density at radius 1 is 1.40 bits per heavy atom. The highest BCUT2D eigenvalue weighted by Crippen LogP contribution is 2.23. The molecule has 0 bridgehead atoms. The first-order chi connectivity index (χ1) is 6.90. The van der Waals surface area contributed by atoms with Crippen molar-refractivity contribution in [2.45, 2.75) is 25.5 Å². The second-order valence-electron chi connectivity index (χ2n) is 4.15. The largest absolute Gasteiger partial charge is 0.507 e. The van der Waals surface area contributed by atoms with E-state index in [2.05, 4.69) is 41.1 Å². The fourth-order valence-electron chi connectivity index (χ4n) is 0.934. The summed E-state index contributed by atoms with van der Waals surface area (Å²) in [6.45, 7) is 6.37. The molecule has 1 rings (SSSR count). The zero-order valence-electron chi connectivity index (χ0n) is 9.04. The summed E-state index contributed by atoms with van der Waals surface area (Å²) >= 11 is 5.00. The SMILES string of the molecule is CC(C)(C)S/[NH+]=C/c1c(O)cccc1Br. The van der Waals surface area contributed by atoms with Crippen LogP contribution in [0.5, 0.6) is 5.75 Å². The molecule has 0 aliphatic carbocycles. The Morgan fingerprint density at radius 2 is 2.07 bits per heavy atom. The lowest BCUT2D eigenvalue weighted by molar-refractivity contribution is -0.238. The molecule has 1 aromatic rings. The van der Waals surface area contributed by atoms with Gasteiger partial charge in [0.05, 0.1) is 10.3 Å². The molecular formula is C11H15BrNOS+. The van der Waals surface area contributed by atoms with Gasteiger partial charge in [0.15, 0.2) is 18.2 Å². The van der Waals surface area contributed by atoms with Gasteiger partial charge in [-0.05, 0) is 48.8 Å². The number of nitrogens with one attached hydrogen (secondary N) is 1. The zero-order valence-corrected chi connectivity index (χ0v) is 11.4. The number of phenols is 1. The molecule has 1 aromatic carbocycles. The molecule has 0 atom stereocenters. The maximum absolute atomic E-state index is 9.61. The van der Waals surface area contributed by atoms with Gasteiger partial charge >= 0.3 is 0 Å². The van der Waals surface area contributed by atoms with Gasteiger partial charge < -0.3 is 5.11 Å². The minimum absolute atomic E-state index is 0.146. The van der Waals surface area contributed by atoms with Crippen LogP contribution in [0.25, 0.3) is 0 Å². The van der Waals surface area contributed by atoms with Crippen LogP contribution in [0.1, 0.15) is 26.3 Å². The Kier molecular flexibility index (Phi) is 4.22. The normalized spacial score (nSPS) is 12.3. The maximum Gasteiger partial charge on any atom is 0.187 e. The number of benzene rings is 1. The Balaban J connectivity index is 2.81. The summed E-state index contributed by atoms with van der Waals surface area (Å²) in [5.74, 6) is 0.270. The van der Waals surface area contributed by atoms with Gasteiger partial charge in [0.25, 0.3) is 0 Å². The smallest absolute Gasteiger partial charge is 0.187 e. The monoisotopic (exact) mass is 288 g/mol. The average molecular weight is 289 g/mol. The van der Waals surface area contributed by atoms with Crippen molar-refractivity contribution in [2.75, 3.05) is 0 Å². The third-order valence-corrected chi connectivity index (χ3v) is 3.14.